The first-order valence-corrected chi connectivity index (χ1v) is 5.91. The van der Waals surface area contributed by atoms with Crippen molar-refractivity contribution in [3.63, 3.8) is 0 Å². The van der Waals surface area contributed by atoms with Crippen LogP contribution >= 0.6 is 0 Å². The van der Waals surface area contributed by atoms with Gasteiger partial charge in [0.05, 0.1) is 18.1 Å². The standard InChI is InChI=1S/C12H17NO3/c1-11(2)9-5-7-12(16-9)6-3-4-8-15-13(12)10(11)14/h5,7,9H,3-4,6,8H2,1-2H3/t9-,12+/m1/s1. The molecular weight excluding hydrogens is 206 g/mol. The largest absolute Gasteiger partial charge is 0.341 e. The molecule has 4 nitrogen and oxygen atoms in total. The van der Waals surface area contributed by atoms with E-state index >= 15 is 0 Å². The van der Waals surface area contributed by atoms with Gasteiger partial charge in [-0.05, 0) is 32.8 Å². The Hall–Kier alpha value is -0.870. The van der Waals surface area contributed by atoms with E-state index in [1.165, 1.54) is 5.06 Å². The molecule has 0 aromatic rings. The summed E-state index contributed by atoms with van der Waals surface area (Å²) in [4.78, 5) is 18.0. The van der Waals surface area contributed by atoms with Crippen molar-refractivity contribution in [2.24, 2.45) is 5.41 Å². The Kier molecular flexibility index (Phi) is 1.98. The second-order valence-corrected chi connectivity index (χ2v) is 5.35. The molecule has 0 aromatic carbocycles. The SMILES string of the molecule is CC1(C)C(=O)N2OCCCC[C@]23C=C[C@H]1O3. The molecule has 1 spiro atoms. The smallest absolute Gasteiger partial charge is 0.257 e. The third kappa shape index (κ3) is 1.14. The Labute approximate surface area is 95.1 Å². The first-order valence-electron chi connectivity index (χ1n) is 5.91. The van der Waals surface area contributed by atoms with E-state index in [9.17, 15) is 4.79 Å². The van der Waals surface area contributed by atoms with Gasteiger partial charge in [-0.15, -0.1) is 0 Å². The van der Waals surface area contributed by atoms with Crippen molar-refractivity contribution in [2.45, 2.75) is 44.9 Å². The molecule has 0 saturated carbocycles. The molecule has 2 bridgehead atoms. The molecule has 3 heterocycles. The highest BCUT2D eigenvalue weighted by Gasteiger charge is 2.58. The zero-order valence-corrected chi connectivity index (χ0v) is 9.73. The molecule has 0 N–H and O–H groups in total. The van der Waals surface area contributed by atoms with Crippen LogP contribution in [0, 0.1) is 5.41 Å². The molecule has 88 valence electrons. The van der Waals surface area contributed by atoms with Gasteiger partial charge in [-0.25, -0.2) is 0 Å². The maximum absolute atomic E-state index is 12.4. The molecule has 1 amide bonds. The summed E-state index contributed by atoms with van der Waals surface area (Å²) in [6, 6.07) is 0. The fraction of sp³-hybridized carbons (Fsp3) is 0.750. The summed E-state index contributed by atoms with van der Waals surface area (Å²) in [7, 11) is 0. The monoisotopic (exact) mass is 223 g/mol. The average molecular weight is 223 g/mol. The number of fused-ring (bicyclic) bond motifs is 1. The number of hydroxylamine groups is 2. The van der Waals surface area contributed by atoms with Gasteiger partial charge in [-0.1, -0.05) is 6.08 Å². The van der Waals surface area contributed by atoms with Crippen molar-refractivity contribution in [3.05, 3.63) is 12.2 Å². The fourth-order valence-corrected chi connectivity index (χ4v) is 2.64. The van der Waals surface area contributed by atoms with Crippen molar-refractivity contribution in [3.8, 4) is 0 Å². The molecule has 3 aliphatic rings. The maximum Gasteiger partial charge on any atom is 0.257 e. The van der Waals surface area contributed by atoms with Gasteiger partial charge in [0.1, 0.15) is 0 Å². The van der Waals surface area contributed by atoms with E-state index in [4.69, 9.17) is 9.57 Å². The van der Waals surface area contributed by atoms with Crippen LogP contribution in [0.5, 0.6) is 0 Å². The predicted octanol–water partition coefficient (Wildman–Crippen LogP) is 1.62. The quantitative estimate of drug-likeness (QED) is 0.586. The molecule has 3 rings (SSSR count). The molecule has 2 fully saturated rings. The molecule has 0 aliphatic carbocycles. The van der Waals surface area contributed by atoms with Crippen LogP contribution in [0.4, 0.5) is 0 Å². The van der Waals surface area contributed by atoms with Crippen LogP contribution in [-0.2, 0) is 14.4 Å². The Morgan fingerprint density at radius 2 is 2.25 bits per heavy atom. The number of nitrogens with zero attached hydrogens (tertiary/aromatic N) is 1. The van der Waals surface area contributed by atoms with Gasteiger partial charge in [0, 0.05) is 6.42 Å². The van der Waals surface area contributed by atoms with Crippen LogP contribution in [0.25, 0.3) is 0 Å². The Morgan fingerprint density at radius 3 is 3.06 bits per heavy atom. The Bertz CT molecular complexity index is 363. The highest BCUT2D eigenvalue weighted by atomic mass is 16.7. The minimum absolute atomic E-state index is 0.0376. The van der Waals surface area contributed by atoms with Crippen molar-refractivity contribution in [1.82, 2.24) is 5.06 Å². The van der Waals surface area contributed by atoms with E-state index in [2.05, 4.69) is 0 Å². The van der Waals surface area contributed by atoms with Crippen LogP contribution in [-0.4, -0.2) is 29.4 Å². The van der Waals surface area contributed by atoms with Gasteiger partial charge in [0.25, 0.3) is 5.91 Å². The molecule has 16 heavy (non-hydrogen) atoms. The van der Waals surface area contributed by atoms with Crippen LogP contribution in [0.3, 0.4) is 0 Å². The van der Waals surface area contributed by atoms with E-state index in [1.54, 1.807) is 0 Å². The summed E-state index contributed by atoms with van der Waals surface area (Å²) in [5, 5.41) is 1.47. The Morgan fingerprint density at radius 1 is 1.44 bits per heavy atom. The van der Waals surface area contributed by atoms with Crippen LogP contribution in [0.2, 0.25) is 0 Å². The molecule has 0 radical (unpaired) electrons. The van der Waals surface area contributed by atoms with E-state index in [-0.39, 0.29) is 12.0 Å². The number of ether oxygens (including phenoxy) is 1. The second kappa shape index (κ2) is 3.08. The summed E-state index contributed by atoms with van der Waals surface area (Å²) in [6.07, 6.45) is 6.73. The summed E-state index contributed by atoms with van der Waals surface area (Å²) in [6.45, 7) is 4.42. The molecule has 0 aromatic heterocycles. The minimum Gasteiger partial charge on any atom is -0.341 e. The van der Waals surface area contributed by atoms with Crippen LogP contribution in [0.15, 0.2) is 12.2 Å². The molecular formula is C12H17NO3. The summed E-state index contributed by atoms with van der Waals surface area (Å²) < 4.78 is 6.02. The number of amides is 1. The van der Waals surface area contributed by atoms with Gasteiger partial charge in [-0.2, -0.15) is 5.06 Å². The first kappa shape index (κ1) is 10.3. The van der Waals surface area contributed by atoms with E-state index in [0.717, 1.165) is 19.3 Å². The first-order chi connectivity index (χ1) is 7.56. The van der Waals surface area contributed by atoms with Crippen LogP contribution < -0.4 is 0 Å². The van der Waals surface area contributed by atoms with Gasteiger partial charge in [0.15, 0.2) is 5.72 Å². The summed E-state index contributed by atoms with van der Waals surface area (Å²) in [5.74, 6) is 0.0376. The number of carbonyl (C=O) groups is 1. The van der Waals surface area contributed by atoms with Crippen LogP contribution in [0.1, 0.15) is 33.1 Å². The fourth-order valence-electron chi connectivity index (χ4n) is 2.64. The Balaban J connectivity index is 2.04. The second-order valence-electron chi connectivity index (χ2n) is 5.35. The number of carbonyl (C=O) groups excluding carboxylic acids is 1. The maximum atomic E-state index is 12.4. The van der Waals surface area contributed by atoms with Crippen molar-refractivity contribution < 1.29 is 14.4 Å². The van der Waals surface area contributed by atoms with E-state index in [1.807, 2.05) is 26.0 Å². The molecule has 4 heteroatoms. The highest BCUT2D eigenvalue weighted by Crippen LogP contribution is 2.47. The topological polar surface area (TPSA) is 38.8 Å². The minimum atomic E-state index is -0.617. The predicted molar refractivity (Wildman–Crippen MR) is 57.2 cm³/mol. The lowest BCUT2D eigenvalue weighted by atomic mass is 9.84. The lowest BCUT2D eigenvalue weighted by Gasteiger charge is -2.47. The number of hydrogen-bond acceptors (Lipinski definition) is 3. The van der Waals surface area contributed by atoms with Gasteiger partial charge in [0.2, 0.25) is 0 Å². The van der Waals surface area contributed by atoms with Crippen molar-refractivity contribution >= 4 is 5.91 Å². The zero-order chi connectivity index (χ0) is 11.4. The molecule has 0 unspecified atom stereocenters. The third-order valence-corrected chi connectivity index (χ3v) is 3.80. The average Bonchev–Trinajstić information content (AvgIpc) is 2.52. The lowest BCUT2D eigenvalue weighted by Crippen LogP contribution is -2.61. The number of hydrogen-bond donors (Lipinski definition) is 0. The normalized spacial score (nSPS) is 40.8. The molecule has 3 aliphatic heterocycles. The van der Waals surface area contributed by atoms with Crippen molar-refractivity contribution in [1.29, 1.82) is 0 Å². The van der Waals surface area contributed by atoms with E-state index < -0.39 is 11.1 Å². The summed E-state index contributed by atoms with van der Waals surface area (Å²) >= 11 is 0. The van der Waals surface area contributed by atoms with Gasteiger partial charge in [-0.3, -0.25) is 9.63 Å². The lowest BCUT2D eigenvalue weighted by molar-refractivity contribution is -0.305. The number of rotatable bonds is 0. The van der Waals surface area contributed by atoms with Gasteiger partial charge < -0.3 is 4.74 Å². The zero-order valence-electron chi connectivity index (χ0n) is 9.73. The van der Waals surface area contributed by atoms with Crippen molar-refractivity contribution in [2.75, 3.05) is 6.61 Å². The third-order valence-electron chi connectivity index (χ3n) is 3.80. The van der Waals surface area contributed by atoms with Gasteiger partial charge >= 0.3 is 0 Å². The summed E-state index contributed by atoms with van der Waals surface area (Å²) in [5.41, 5.74) is -1.14. The highest BCUT2D eigenvalue weighted by molar-refractivity contribution is 5.84. The molecule has 2 atom stereocenters. The molecule has 2 saturated heterocycles. The van der Waals surface area contributed by atoms with E-state index in [0.29, 0.717) is 6.61 Å².